The summed E-state index contributed by atoms with van der Waals surface area (Å²) in [5.41, 5.74) is 0. The Bertz CT molecular complexity index is 762. The molecule has 0 radical (unpaired) electrons. The van der Waals surface area contributed by atoms with Crippen molar-refractivity contribution in [3.8, 4) is 0 Å². The van der Waals surface area contributed by atoms with Crippen LogP contribution in [0.4, 0.5) is 5.13 Å². The van der Waals surface area contributed by atoms with Crippen LogP contribution in [0.1, 0.15) is 29.4 Å². The SMILES string of the molecule is CCOC(=O)CSc1nnc(NC(=O)CCC(=O)c2ccc(Cl)s2)s1. The fourth-order valence-corrected chi connectivity index (χ4v) is 4.21. The van der Waals surface area contributed by atoms with Gasteiger partial charge < -0.3 is 10.1 Å². The van der Waals surface area contributed by atoms with Crippen LogP contribution < -0.4 is 5.32 Å². The molecule has 1 N–H and O–H groups in total. The van der Waals surface area contributed by atoms with Crippen LogP contribution in [0.15, 0.2) is 16.5 Å². The van der Waals surface area contributed by atoms with Gasteiger partial charge in [-0.05, 0) is 19.1 Å². The average molecular weight is 420 g/mol. The molecular weight excluding hydrogens is 406 g/mol. The lowest BCUT2D eigenvalue weighted by atomic mass is 10.2. The number of nitrogens with zero attached hydrogens (tertiary/aromatic N) is 2. The fraction of sp³-hybridized carbons (Fsp3) is 0.357. The van der Waals surface area contributed by atoms with Crippen LogP contribution in [-0.2, 0) is 14.3 Å². The molecular formula is C14H14ClN3O4S3. The van der Waals surface area contributed by atoms with E-state index in [0.717, 1.165) is 11.3 Å². The number of aromatic nitrogens is 2. The normalized spacial score (nSPS) is 10.5. The Labute approximate surface area is 161 Å². The molecule has 0 unspecified atom stereocenters. The number of Topliss-reactive ketones (excluding diaryl/α,β-unsaturated/α-hetero) is 1. The van der Waals surface area contributed by atoms with Crippen molar-refractivity contribution in [2.75, 3.05) is 17.7 Å². The summed E-state index contributed by atoms with van der Waals surface area (Å²) in [6.45, 7) is 2.06. The molecule has 0 atom stereocenters. The van der Waals surface area contributed by atoms with Gasteiger partial charge in [0.15, 0.2) is 10.1 Å². The van der Waals surface area contributed by atoms with Crippen molar-refractivity contribution in [3.05, 3.63) is 21.3 Å². The molecule has 1 amide bonds. The van der Waals surface area contributed by atoms with E-state index in [2.05, 4.69) is 15.5 Å². The zero-order valence-corrected chi connectivity index (χ0v) is 16.3. The summed E-state index contributed by atoms with van der Waals surface area (Å²) < 4.78 is 5.90. The van der Waals surface area contributed by atoms with E-state index in [-0.39, 0.29) is 36.3 Å². The number of amides is 1. The van der Waals surface area contributed by atoms with E-state index in [9.17, 15) is 14.4 Å². The smallest absolute Gasteiger partial charge is 0.316 e. The van der Waals surface area contributed by atoms with E-state index in [4.69, 9.17) is 16.3 Å². The summed E-state index contributed by atoms with van der Waals surface area (Å²) in [5.74, 6) is -0.654. The van der Waals surface area contributed by atoms with Crippen LogP contribution in [-0.4, -0.2) is 40.2 Å². The minimum atomic E-state index is -0.333. The molecule has 0 aromatic carbocycles. The second kappa shape index (κ2) is 9.85. The number of ether oxygens (including phenoxy) is 1. The van der Waals surface area contributed by atoms with Gasteiger partial charge in [-0.2, -0.15) is 0 Å². The van der Waals surface area contributed by atoms with Gasteiger partial charge in [0.2, 0.25) is 11.0 Å². The number of carbonyl (C=O) groups is 3. The minimum absolute atomic E-state index is 0.0409. The zero-order valence-electron chi connectivity index (χ0n) is 13.1. The Morgan fingerprint density at radius 2 is 2.04 bits per heavy atom. The first-order valence-corrected chi connectivity index (χ1v) is 10.2. The second-order valence-electron chi connectivity index (χ2n) is 4.54. The number of rotatable bonds is 9. The van der Waals surface area contributed by atoms with Gasteiger partial charge in [0, 0.05) is 12.8 Å². The molecule has 11 heteroatoms. The first-order valence-electron chi connectivity index (χ1n) is 7.18. The summed E-state index contributed by atoms with van der Waals surface area (Å²) in [5, 5.41) is 10.6. The highest BCUT2D eigenvalue weighted by Crippen LogP contribution is 2.26. The number of thioether (sulfide) groups is 1. The maximum Gasteiger partial charge on any atom is 0.316 e. The first-order chi connectivity index (χ1) is 12.0. The van der Waals surface area contributed by atoms with Crippen molar-refractivity contribution < 1.29 is 19.1 Å². The number of esters is 1. The van der Waals surface area contributed by atoms with Crippen molar-refractivity contribution in [1.29, 1.82) is 0 Å². The van der Waals surface area contributed by atoms with Crippen LogP contribution in [0.2, 0.25) is 4.34 Å². The van der Waals surface area contributed by atoms with E-state index < -0.39 is 0 Å². The first kappa shape index (κ1) is 19.8. The number of ketones is 1. The van der Waals surface area contributed by atoms with Crippen molar-refractivity contribution in [2.45, 2.75) is 24.1 Å². The molecule has 2 heterocycles. The number of hydrogen-bond acceptors (Lipinski definition) is 9. The molecule has 2 rings (SSSR count). The van der Waals surface area contributed by atoms with E-state index in [0.29, 0.717) is 25.3 Å². The van der Waals surface area contributed by atoms with Crippen LogP contribution >= 0.6 is 46.0 Å². The number of thiophene rings is 1. The molecule has 0 aliphatic rings. The molecule has 134 valence electrons. The van der Waals surface area contributed by atoms with Crippen LogP contribution in [0, 0.1) is 0 Å². The summed E-state index contributed by atoms with van der Waals surface area (Å²) in [6.07, 6.45) is 0.130. The molecule has 0 fully saturated rings. The van der Waals surface area contributed by atoms with Gasteiger partial charge in [-0.25, -0.2) is 0 Å². The molecule has 7 nitrogen and oxygen atoms in total. The lowest BCUT2D eigenvalue weighted by Gasteiger charge is -2.00. The largest absolute Gasteiger partial charge is 0.465 e. The van der Waals surface area contributed by atoms with E-state index >= 15 is 0 Å². The number of anilines is 1. The minimum Gasteiger partial charge on any atom is -0.465 e. The third kappa shape index (κ3) is 6.73. The predicted molar refractivity (Wildman–Crippen MR) is 98.8 cm³/mol. The lowest BCUT2D eigenvalue weighted by Crippen LogP contribution is -2.13. The second-order valence-corrected chi connectivity index (χ2v) is 8.46. The monoisotopic (exact) mass is 419 g/mol. The van der Waals surface area contributed by atoms with Crippen molar-refractivity contribution in [1.82, 2.24) is 10.2 Å². The standard InChI is InChI=1S/C14H14ClN3O4S3/c1-2-22-12(21)7-23-14-18-17-13(25-14)16-11(20)6-3-8(19)9-4-5-10(15)24-9/h4-5H,2-3,6-7H2,1H3,(H,16,17,20). The molecule has 25 heavy (non-hydrogen) atoms. The topological polar surface area (TPSA) is 98.2 Å². The molecule has 0 spiro atoms. The van der Waals surface area contributed by atoms with E-state index in [1.54, 1.807) is 19.1 Å². The Morgan fingerprint density at radius 1 is 1.24 bits per heavy atom. The molecule has 0 saturated heterocycles. The van der Waals surface area contributed by atoms with E-state index in [1.807, 2.05) is 0 Å². The fourth-order valence-electron chi connectivity index (χ4n) is 1.64. The Kier molecular flexibility index (Phi) is 7.82. The number of halogens is 1. The molecule has 2 aromatic rings. The zero-order chi connectivity index (χ0) is 18.2. The lowest BCUT2D eigenvalue weighted by molar-refractivity contribution is -0.139. The molecule has 0 aliphatic heterocycles. The quantitative estimate of drug-likeness (QED) is 0.287. The summed E-state index contributed by atoms with van der Waals surface area (Å²) in [7, 11) is 0. The highest BCUT2D eigenvalue weighted by Gasteiger charge is 2.14. The highest BCUT2D eigenvalue weighted by atomic mass is 35.5. The molecule has 0 aliphatic carbocycles. The van der Waals surface area contributed by atoms with Gasteiger partial charge in [0.25, 0.3) is 0 Å². The molecule has 0 saturated carbocycles. The maximum atomic E-state index is 11.9. The van der Waals surface area contributed by atoms with Gasteiger partial charge in [0.1, 0.15) is 0 Å². The Morgan fingerprint density at radius 3 is 2.72 bits per heavy atom. The summed E-state index contributed by atoms with van der Waals surface area (Å²) in [4.78, 5) is 35.6. The average Bonchev–Trinajstić information content (AvgIpc) is 3.20. The van der Waals surface area contributed by atoms with Crippen LogP contribution in [0.3, 0.4) is 0 Å². The van der Waals surface area contributed by atoms with Gasteiger partial charge in [-0.15, -0.1) is 21.5 Å². The summed E-state index contributed by atoms with van der Waals surface area (Å²) in [6, 6.07) is 3.29. The highest BCUT2D eigenvalue weighted by molar-refractivity contribution is 8.01. The molecule has 0 bridgehead atoms. The molecule has 2 aromatic heterocycles. The van der Waals surface area contributed by atoms with Crippen molar-refractivity contribution >= 4 is 68.8 Å². The Hall–Kier alpha value is -1.49. The van der Waals surface area contributed by atoms with Crippen LogP contribution in [0.5, 0.6) is 0 Å². The summed E-state index contributed by atoms with van der Waals surface area (Å²) >= 11 is 9.32. The maximum absolute atomic E-state index is 11.9. The number of carbonyl (C=O) groups excluding carboxylic acids is 3. The third-order valence-electron chi connectivity index (χ3n) is 2.70. The number of nitrogens with one attached hydrogen (secondary N) is 1. The number of hydrogen-bond donors (Lipinski definition) is 1. The van der Waals surface area contributed by atoms with Gasteiger partial charge >= 0.3 is 5.97 Å². The van der Waals surface area contributed by atoms with Gasteiger partial charge in [-0.1, -0.05) is 34.7 Å². The van der Waals surface area contributed by atoms with Crippen LogP contribution in [0.25, 0.3) is 0 Å². The van der Waals surface area contributed by atoms with Gasteiger partial charge in [-0.3, -0.25) is 14.4 Å². The third-order valence-corrected chi connectivity index (χ3v) is 5.92. The van der Waals surface area contributed by atoms with Gasteiger partial charge in [0.05, 0.1) is 21.6 Å². The van der Waals surface area contributed by atoms with E-state index in [1.165, 1.54) is 23.1 Å². The van der Waals surface area contributed by atoms with Crippen molar-refractivity contribution in [3.63, 3.8) is 0 Å². The van der Waals surface area contributed by atoms with Crippen molar-refractivity contribution in [2.24, 2.45) is 0 Å². The Balaban J connectivity index is 1.75. The predicted octanol–water partition coefficient (Wildman–Crippen LogP) is 3.51.